The van der Waals surface area contributed by atoms with Crippen LogP contribution in [0.5, 0.6) is 0 Å². The number of nitriles is 2. The van der Waals surface area contributed by atoms with Crippen LogP contribution in [0.3, 0.4) is 0 Å². The Morgan fingerprint density at radius 1 is 1.29 bits per heavy atom. The summed E-state index contributed by atoms with van der Waals surface area (Å²) in [6.45, 7) is 0. The number of hydrogen-bond acceptors (Lipinski definition) is 8. The molecule has 0 saturated carbocycles. The normalized spacial score (nSPS) is 9.00. The number of pyridine rings is 1. The molecular formula is C13H17N5OS2. The summed E-state index contributed by atoms with van der Waals surface area (Å²) >= 11 is 2.78. The summed E-state index contributed by atoms with van der Waals surface area (Å²) in [4.78, 5) is 14.5. The highest BCUT2D eigenvalue weighted by molar-refractivity contribution is 7.99. The van der Waals surface area contributed by atoms with E-state index in [2.05, 4.69) is 16.8 Å². The first-order chi connectivity index (χ1) is 10.2. The number of anilines is 1. The highest BCUT2D eigenvalue weighted by atomic mass is 32.2. The monoisotopic (exact) mass is 323 g/mol. The molecule has 0 radical (unpaired) electrons. The minimum absolute atomic E-state index is 0.117. The number of thioether (sulfide) groups is 2. The van der Waals surface area contributed by atoms with Gasteiger partial charge in [-0.25, -0.2) is 4.98 Å². The SMILES string of the molecule is CN.CSCCc1c(C#N)c(N)nc(SCC=O)c1C#N. The minimum Gasteiger partial charge on any atom is -0.383 e. The maximum atomic E-state index is 10.4. The van der Waals surface area contributed by atoms with Crippen LogP contribution < -0.4 is 11.5 Å². The average Bonchev–Trinajstić information content (AvgIpc) is 2.52. The zero-order valence-corrected chi connectivity index (χ0v) is 13.6. The van der Waals surface area contributed by atoms with Crippen LogP contribution in [0.2, 0.25) is 0 Å². The van der Waals surface area contributed by atoms with Gasteiger partial charge >= 0.3 is 0 Å². The molecule has 1 aromatic heterocycles. The highest BCUT2D eigenvalue weighted by Gasteiger charge is 2.18. The molecule has 1 rings (SSSR count). The molecule has 0 saturated heterocycles. The van der Waals surface area contributed by atoms with Gasteiger partial charge in [-0.05, 0) is 31.0 Å². The molecule has 0 bridgehead atoms. The average molecular weight is 323 g/mol. The molecule has 0 atom stereocenters. The highest BCUT2D eigenvalue weighted by Crippen LogP contribution is 2.28. The van der Waals surface area contributed by atoms with Gasteiger partial charge in [-0.1, -0.05) is 11.8 Å². The molecule has 4 N–H and O–H groups in total. The molecule has 0 aliphatic heterocycles. The van der Waals surface area contributed by atoms with Crippen LogP contribution in [-0.2, 0) is 11.2 Å². The van der Waals surface area contributed by atoms with E-state index in [4.69, 9.17) is 11.0 Å². The number of carbonyl (C=O) groups excluding carboxylic acids is 1. The van der Waals surface area contributed by atoms with Crippen molar-refractivity contribution in [2.24, 2.45) is 5.73 Å². The van der Waals surface area contributed by atoms with Gasteiger partial charge in [0.2, 0.25) is 0 Å². The zero-order valence-electron chi connectivity index (χ0n) is 11.9. The molecule has 0 fully saturated rings. The summed E-state index contributed by atoms with van der Waals surface area (Å²) in [5.41, 5.74) is 11.5. The molecule has 0 spiro atoms. The zero-order chi connectivity index (χ0) is 16.3. The number of aldehydes is 1. The number of nitrogens with two attached hydrogens (primary N) is 2. The number of nitrogen functional groups attached to an aromatic ring is 1. The molecule has 0 aliphatic carbocycles. The van der Waals surface area contributed by atoms with Gasteiger partial charge in [0.1, 0.15) is 29.3 Å². The Bertz CT molecular complexity index is 563. The van der Waals surface area contributed by atoms with Crippen molar-refractivity contribution in [2.45, 2.75) is 11.4 Å². The molecule has 0 aromatic carbocycles. The molecule has 0 unspecified atom stereocenters. The summed E-state index contributed by atoms with van der Waals surface area (Å²) < 4.78 is 0. The molecule has 1 heterocycles. The third-order valence-electron chi connectivity index (χ3n) is 2.36. The predicted molar refractivity (Wildman–Crippen MR) is 87.1 cm³/mol. The Labute approximate surface area is 132 Å². The number of carbonyl (C=O) groups is 1. The van der Waals surface area contributed by atoms with E-state index in [9.17, 15) is 10.1 Å². The van der Waals surface area contributed by atoms with Crippen molar-refractivity contribution in [1.29, 1.82) is 10.5 Å². The van der Waals surface area contributed by atoms with Crippen LogP contribution >= 0.6 is 23.5 Å². The summed E-state index contributed by atoms with van der Waals surface area (Å²) in [6, 6.07) is 4.07. The Balaban J connectivity index is 0.00000191. The summed E-state index contributed by atoms with van der Waals surface area (Å²) in [6.07, 6.45) is 3.27. The Hall–Kier alpha value is -1.74. The van der Waals surface area contributed by atoms with Crippen LogP contribution in [-0.4, -0.2) is 36.1 Å². The van der Waals surface area contributed by atoms with Gasteiger partial charge in [-0.15, -0.1) is 0 Å². The van der Waals surface area contributed by atoms with E-state index >= 15 is 0 Å². The molecule has 6 nitrogen and oxygen atoms in total. The molecule has 21 heavy (non-hydrogen) atoms. The van der Waals surface area contributed by atoms with Crippen molar-refractivity contribution in [3.05, 3.63) is 16.7 Å². The molecule has 0 amide bonds. The Morgan fingerprint density at radius 2 is 1.90 bits per heavy atom. The first-order valence-corrected chi connectivity index (χ1v) is 8.33. The Kier molecular flexibility index (Phi) is 10.1. The van der Waals surface area contributed by atoms with Crippen molar-refractivity contribution in [2.75, 3.05) is 30.5 Å². The van der Waals surface area contributed by atoms with Gasteiger partial charge in [0.15, 0.2) is 0 Å². The van der Waals surface area contributed by atoms with E-state index in [0.717, 1.165) is 23.8 Å². The molecule has 0 aliphatic rings. The van der Waals surface area contributed by atoms with E-state index in [-0.39, 0.29) is 17.1 Å². The van der Waals surface area contributed by atoms with E-state index in [0.29, 0.717) is 22.6 Å². The van der Waals surface area contributed by atoms with Crippen molar-refractivity contribution in [1.82, 2.24) is 4.98 Å². The summed E-state index contributed by atoms with van der Waals surface area (Å²) in [5, 5.41) is 18.8. The fourth-order valence-electron chi connectivity index (χ4n) is 1.54. The van der Waals surface area contributed by atoms with Gasteiger partial charge in [0.05, 0.1) is 16.9 Å². The van der Waals surface area contributed by atoms with E-state index in [1.54, 1.807) is 11.8 Å². The fourth-order valence-corrected chi connectivity index (χ4v) is 2.65. The van der Waals surface area contributed by atoms with Crippen molar-refractivity contribution in [3.8, 4) is 12.1 Å². The first kappa shape index (κ1) is 19.3. The second kappa shape index (κ2) is 11.0. The lowest BCUT2D eigenvalue weighted by molar-refractivity contribution is -0.105. The van der Waals surface area contributed by atoms with Gasteiger partial charge in [0.25, 0.3) is 0 Å². The standard InChI is InChI=1S/C12H12N4OS2.CH5N/c1-18-4-2-8-9(6-13)11(15)16-12(10(8)7-14)19-5-3-17;1-2/h3H,2,4-5H2,1H3,(H2,15,16);2H2,1H3. The van der Waals surface area contributed by atoms with Crippen LogP contribution in [0.4, 0.5) is 5.82 Å². The van der Waals surface area contributed by atoms with Gasteiger partial charge < -0.3 is 16.3 Å². The van der Waals surface area contributed by atoms with Crippen molar-refractivity contribution in [3.63, 3.8) is 0 Å². The third-order valence-corrected chi connectivity index (χ3v) is 3.85. The third kappa shape index (κ3) is 5.27. The van der Waals surface area contributed by atoms with Gasteiger partial charge in [0, 0.05) is 0 Å². The van der Waals surface area contributed by atoms with Crippen LogP contribution in [0.25, 0.3) is 0 Å². The number of nitrogens with zero attached hydrogens (tertiary/aromatic N) is 3. The van der Waals surface area contributed by atoms with Crippen molar-refractivity contribution >= 4 is 35.6 Å². The van der Waals surface area contributed by atoms with E-state index < -0.39 is 0 Å². The van der Waals surface area contributed by atoms with E-state index in [1.807, 2.05) is 12.3 Å². The molecule has 1 aromatic rings. The second-order valence-electron chi connectivity index (χ2n) is 3.47. The number of hydrogen-bond donors (Lipinski definition) is 2. The number of rotatable bonds is 6. The van der Waals surface area contributed by atoms with Crippen LogP contribution in [0.15, 0.2) is 5.03 Å². The fraction of sp³-hybridized carbons (Fsp3) is 0.385. The Morgan fingerprint density at radius 3 is 2.38 bits per heavy atom. The lowest BCUT2D eigenvalue weighted by Crippen LogP contribution is -2.07. The lowest BCUT2D eigenvalue weighted by Gasteiger charge is -2.11. The van der Waals surface area contributed by atoms with Crippen LogP contribution in [0, 0.1) is 22.7 Å². The lowest BCUT2D eigenvalue weighted by atomic mass is 10.0. The molecule has 112 valence electrons. The maximum absolute atomic E-state index is 10.4. The molecule has 8 heteroatoms. The first-order valence-electron chi connectivity index (χ1n) is 5.95. The van der Waals surface area contributed by atoms with E-state index in [1.165, 1.54) is 7.05 Å². The quantitative estimate of drug-likeness (QED) is 0.589. The molecular weight excluding hydrogens is 306 g/mol. The minimum atomic E-state index is 0.117. The van der Waals surface area contributed by atoms with Gasteiger partial charge in [-0.2, -0.15) is 22.3 Å². The summed E-state index contributed by atoms with van der Waals surface area (Å²) in [5.74, 6) is 1.10. The van der Waals surface area contributed by atoms with Gasteiger partial charge in [-0.3, -0.25) is 0 Å². The summed E-state index contributed by atoms with van der Waals surface area (Å²) in [7, 11) is 1.50. The number of aromatic nitrogens is 1. The topological polar surface area (TPSA) is 130 Å². The maximum Gasteiger partial charge on any atom is 0.143 e. The second-order valence-corrected chi connectivity index (χ2v) is 5.47. The van der Waals surface area contributed by atoms with Crippen molar-refractivity contribution < 1.29 is 4.79 Å². The smallest absolute Gasteiger partial charge is 0.143 e. The predicted octanol–water partition coefficient (Wildman–Crippen LogP) is 1.18. The van der Waals surface area contributed by atoms with Crippen LogP contribution in [0.1, 0.15) is 16.7 Å². The largest absolute Gasteiger partial charge is 0.383 e.